The summed E-state index contributed by atoms with van der Waals surface area (Å²) in [5, 5.41) is 3.46. The summed E-state index contributed by atoms with van der Waals surface area (Å²) in [7, 11) is 0. The molecule has 11 nitrogen and oxygen atoms in total. The van der Waals surface area contributed by atoms with E-state index in [-0.39, 0.29) is 43.6 Å². The lowest BCUT2D eigenvalue weighted by molar-refractivity contribution is -0.205. The molecule has 0 aromatic rings. The van der Waals surface area contributed by atoms with Gasteiger partial charge in [-0.2, -0.15) is 0 Å². The van der Waals surface area contributed by atoms with E-state index in [1.807, 2.05) is 13.8 Å². The Hall–Kier alpha value is -3.08. The minimum Gasteiger partial charge on any atom is -0.375 e. The van der Waals surface area contributed by atoms with E-state index in [0.29, 0.717) is 24.4 Å². The van der Waals surface area contributed by atoms with E-state index in [1.165, 1.54) is 17.1 Å². The number of amides is 5. The van der Waals surface area contributed by atoms with Gasteiger partial charge in [0.25, 0.3) is 23.6 Å². The number of nitrogens with zero attached hydrogens (tertiary/aromatic N) is 2. The Morgan fingerprint density at radius 2 is 1.37 bits per heavy atom. The molecule has 0 aromatic carbocycles. The Kier molecular flexibility index (Phi) is 9.30. The Balaban J connectivity index is 1.80. The molecule has 0 radical (unpaired) electrons. The Morgan fingerprint density at radius 3 is 1.89 bits per heavy atom. The zero-order chi connectivity index (χ0) is 29.1. The molecular formula is C27H41N3O8. The van der Waals surface area contributed by atoms with Crippen LogP contribution in [0, 0.1) is 10.8 Å². The summed E-state index contributed by atoms with van der Waals surface area (Å²) >= 11 is 0. The normalized spacial score (nSPS) is 17.1. The molecule has 11 heteroatoms. The highest BCUT2D eigenvalue weighted by molar-refractivity contribution is 6.13. The Labute approximate surface area is 224 Å². The number of nitrogens with one attached hydrogen (secondary N) is 1. The molecule has 1 fully saturated rings. The molecule has 212 valence electrons. The zero-order valence-corrected chi connectivity index (χ0v) is 23.8. The molecule has 0 aliphatic carbocycles. The van der Waals surface area contributed by atoms with Crippen molar-refractivity contribution in [3.8, 4) is 0 Å². The minimum absolute atomic E-state index is 0.0323. The number of hydrogen-bond acceptors (Lipinski definition) is 8. The number of carbonyl (C=O) groups is 6. The van der Waals surface area contributed by atoms with Gasteiger partial charge in [-0.05, 0) is 60.8 Å². The van der Waals surface area contributed by atoms with Crippen LogP contribution in [-0.2, 0) is 38.3 Å². The van der Waals surface area contributed by atoms with Gasteiger partial charge in [-0.1, -0.05) is 13.8 Å². The van der Waals surface area contributed by atoms with Crippen LogP contribution in [0.3, 0.4) is 0 Å². The minimum atomic E-state index is -0.988. The number of carbonyl (C=O) groups excluding carboxylic acids is 6. The molecule has 0 aromatic heterocycles. The van der Waals surface area contributed by atoms with Crippen molar-refractivity contribution in [1.29, 1.82) is 0 Å². The number of hydrogen-bond donors (Lipinski definition) is 1. The molecule has 38 heavy (non-hydrogen) atoms. The lowest BCUT2D eigenvalue weighted by Gasteiger charge is -2.39. The Morgan fingerprint density at radius 1 is 0.842 bits per heavy atom. The predicted octanol–water partition coefficient (Wildman–Crippen LogP) is 2.43. The summed E-state index contributed by atoms with van der Waals surface area (Å²) in [6.45, 7) is 14.7. The second-order valence-corrected chi connectivity index (χ2v) is 12.4. The fourth-order valence-electron chi connectivity index (χ4n) is 4.58. The standard InChI is InChI=1S/C27H41N3O8/c1-24(2,23(36)38-30-20(33)11-12-21(30)34)14-16-37-27(7,8)13-15-28-22(35)25(3,4)17-26(5,6)29-18(31)9-10-19(29)32/h9-10H,11-17H2,1-8H3,(H,28,35). The van der Waals surface area contributed by atoms with Crippen molar-refractivity contribution in [3.63, 3.8) is 0 Å². The zero-order valence-electron chi connectivity index (χ0n) is 23.8. The van der Waals surface area contributed by atoms with Crippen LogP contribution in [-0.4, -0.2) is 69.8 Å². The van der Waals surface area contributed by atoms with Crippen LogP contribution in [0.4, 0.5) is 0 Å². The van der Waals surface area contributed by atoms with Crippen molar-refractivity contribution in [3.05, 3.63) is 12.2 Å². The predicted molar refractivity (Wildman–Crippen MR) is 137 cm³/mol. The van der Waals surface area contributed by atoms with Gasteiger partial charge in [0.2, 0.25) is 5.91 Å². The Bertz CT molecular complexity index is 991. The van der Waals surface area contributed by atoms with Crippen LogP contribution < -0.4 is 5.32 Å². The molecule has 0 spiro atoms. The SMILES string of the molecule is CC(C)(CCNC(=O)C(C)(C)CC(C)(C)N1C(=O)C=CC1=O)OCCC(C)(C)C(=O)ON1C(=O)CCC1=O. The summed E-state index contributed by atoms with van der Waals surface area (Å²) < 4.78 is 5.97. The van der Waals surface area contributed by atoms with E-state index in [4.69, 9.17) is 9.57 Å². The average Bonchev–Trinajstić information content (AvgIpc) is 3.27. The third kappa shape index (κ3) is 7.72. The second kappa shape index (κ2) is 11.3. The van der Waals surface area contributed by atoms with Gasteiger partial charge < -0.3 is 14.9 Å². The number of rotatable bonds is 13. The molecule has 0 unspecified atom stereocenters. The number of hydroxylamine groups is 2. The molecule has 0 saturated carbocycles. The largest absolute Gasteiger partial charge is 0.375 e. The molecule has 1 N–H and O–H groups in total. The third-order valence-corrected chi connectivity index (χ3v) is 6.87. The lowest BCUT2D eigenvalue weighted by atomic mass is 9.78. The fraction of sp³-hybridized carbons (Fsp3) is 0.704. The van der Waals surface area contributed by atoms with E-state index in [0.717, 1.165) is 0 Å². The van der Waals surface area contributed by atoms with Crippen LogP contribution in [0.1, 0.15) is 87.5 Å². The van der Waals surface area contributed by atoms with Crippen molar-refractivity contribution < 1.29 is 38.3 Å². The first-order chi connectivity index (χ1) is 17.3. The molecule has 0 atom stereocenters. The maximum atomic E-state index is 13.0. The van der Waals surface area contributed by atoms with Crippen LogP contribution in [0.25, 0.3) is 0 Å². The van der Waals surface area contributed by atoms with Crippen LogP contribution in [0.2, 0.25) is 0 Å². The van der Waals surface area contributed by atoms with Crippen LogP contribution >= 0.6 is 0 Å². The van der Waals surface area contributed by atoms with Crippen molar-refractivity contribution in [2.75, 3.05) is 13.2 Å². The van der Waals surface area contributed by atoms with Gasteiger partial charge in [-0.15, -0.1) is 5.06 Å². The smallest absolute Gasteiger partial charge is 0.338 e. The van der Waals surface area contributed by atoms with Gasteiger partial charge >= 0.3 is 5.97 Å². The second-order valence-electron chi connectivity index (χ2n) is 12.4. The first kappa shape index (κ1) is 31.1. The summed E-state index contributed by atoms with van der Waals surface area (Å²) in [5.74, 6) is -2.72. The molecular weight excluding hydrogens is 494 g/mol. The summed E-state index contributed by atoms with van der Waals surface area (Å²) in [4.78, 5) is 79.3. The molecule has 0 bridgehead atoms. The quantitative estimate of drug-likeness (QED) is 0.355. The molecule has 5 amide bonds. The maximum Gasteiger partial charge on any atom is 0.338 e. The van der Waals surface area contributed by atoms with Crippen molar-refractivity contribution in [2.24, 2.45) is 10.8 Å². The van der Waals surface area contributed by atoms with Gasteiger partial charge in [-0.25, -0.2) is 4.79 Å². The highest BCUT2D eigenvalue weighted by Gasteiger charge is 2.43. The van der Waals surface area contributed by atoms with Crippen molar-refractivity contribution >= 4 is 35.5 Å². The summed E-state index contributed by atoms with van der Waals surface area (Å²) in [6.07, 6.45) is 3.60. The molecule has 2 aliphatic rings. The first-order valence-corrected chi connectivity index (χ1v) is 12.9. The van der Waals surface area contributed by atoms with Crippen LogP contribution in [0.5, 0.6) is 0 Å². The van der Waals surface area contributed by atoms with Crippen molar-refractivity contribution in [2.45, 2.75) is 98.6 Å². The van der Waals surface area contributed by atoms with E-state index < -0.39 is 39.8 Å². The van der Waals surface area contributed by atoms with E-state index in [9.17, 15) is 28.8 Å². The summed E-state index contributed by atoms with van der Waals surface area (Å²) in [6, 6.07) is 0. The van der Waals surface area contributed by atoms with Gasteiger partial charge in [0.05, 0.1) is 11.0 Å². The molecule has 2 rings (SSSR count). The number of imide groups is 2. The summed E-state index contributed by atoms with van der Waals surface area (Å²) in [5.41, 5.74) is -3.29. The van der Waals surface area contributed by atoms with Crippen LogP contribution in [0.15, 0.2) is 12.2 Å². The highest BCUT2D eigenvalue weighted by Crippen LogP contribution is 2.34. The molecule has 1 saturated heterocycles. The molecule has 2 heterocycles. The molecule has 2 aliphatic heterocycles. The van der Waals surface area contributed by atoms with Gasteiger partial charge in [0.1, 0.15) is 0 Å². The third-order valence-electron chi connectivity index (χ3n) is 6.87. The topological polar surface area (TPSA) is 139 Å². The van der Waals surface area contributed by atoms with E-state index >= 15 is 0 Å². The van der Waals surface area contributed by atoms with E-state index in [1.54, 1.807) is 41.5 Å². The van der Waals surface area contributed by atoms with Gasteiger partial charge in [0, 0.05) is 49.1 Å². The fourth-order valence-corrected chi connectivity index (χ4v) is 4.58. The van der Waals surface area contributed by atoms with E-state index in [2.05, 4.69) is 5.32 Å². The maximum absolute atomic E-state index is 13.0. The average molecular weight is 536 g/mol. The van der Waals surface area contributed by atoms with Gasteiger partial charge in [-0.3, -0.25) is 28.9 Å². The number of ether oxygens (including phenoxy) is 1. The van der Waals surface area contributed by atoms with Gasteiger partial charge in [0.15, 0.2) is 0 Å². The first-order valence-electron chi connectivity index (χ1n) is 12.9. The lowest BCUT2D eigenvalue weighted by Crippen LogP contribution is -2.52. The van der Waals surface area contributed by atoms with Crippen molar-refractivity contribution in [1.82, 2.24) is 15.3 Å². The highest BCUT2D eigenvalue weighted by atomic mass is 16.7. The monoisotopic (exact) mass is 535 g/mol.